The maximum absolute atomic E-state index is 13.9. The summed E-state index contributed by atoms with van der Waals surface area (Å²) in [5.41, 5.74) is 0.171. The molecule has 1 heterocycles. The number of carbonyl (C=O) groups excluding carboxylic acids is 1. The Morgan fingerprint density at radius 3 is 1.85 bits per heavy atom. The van der Waals surface area contributed by atoms with E-state index in [9.17, 15) is 25.2 Å². The van der Waals surface area contributed by atoms with Gasteiger partial charge in [0, 0.05) is 12.8 Å². The lowest BCUT2D eigenvalue weighted by atomic mass is 9.70. The number of hydrogen-bond acceptors (Lipinski definition) is 7. The summed E-state index contributed by atoms with van der Waals surface area (Å²) < 4.78 is 11.6. The van der Waals surface area contributed by atoms with E-state index in [-0.39, 0.29) is 22.5 Å². The molecule has 1 amide bonds. The summed E-state index contributed by atoms with van der Waals surface area (Å²) in [5.74, 6) is 0.532. The van der Waals surface area contributed by atoms with E-state index < -0.39 is 43.3 Å². The van der Waals surface area contributed by atoms with Crippen molar-refractivity contribution in [2.24, 2.45) is 11.3 Å². The Kier molecular flexibility index (Phi) is 14.7. The largest absolute Gasteiger partial charge is 0.518 e. The second kappa shape index (κ2) is 16.6. The van der Waals surface area contributed by atoms with Crippen molar-refractivity contribution in [2.45, 2.75) is 161 Å². The first-order valence-corrected chi connectivity index (χ1v) is 15.9. The van der Waals surface area contributed by atoms with Gasteiger partial charge in [0.25, 0.3) is 0 Å². The highest BCUT2D eigenvalue weighted by atomic mass is 16.6. The number of carbonyl (C=O) groups is 1. The highest BCUT2D eigenvalue weighted by Crippen LogP contribution is 2.44. The summed E-state index contributed by atoms with van der Waals surface area (Å²) in [4.78, 5) is 13.9. The summed E-state index contributed by atoms with van der Waals surface area (Å²) in [6, 6.07) is -0.136. The molecule has 2 rings (SSSR count). The van der Waals surface area contributed by atoms with Crippen LogP contribution in [-0.4, -0.2) is 87.4 Å². The Balaban J connectivity index is 2.23. The summed E-state index contributed by atoms with van der Waals surface area (Å²) in [7, 11) is 0. The van der Waals surface area contributed by atoms with Crippen molar-refractivity contribution in [3.8, 4) is 0 Å². The summed E-state index contributed by atoms with van der Waals surface area (Å²) >= 11 is 0. The zero-order valence-electron chi connectivity index (χ0n) is 25.5. The third-order valence-electron chi connectivity index (χ3n) is 9.38. The molecule has 0 spiro atoms. The summed E-state index contributed by atoms with van der Waals surface area (Å²) in [6.07, 6.45) is 8.07. The van der Waals surface area contributed by atoms with Crippen molar-refractivity contribution < 1.29 is 39.2 Å². The number of aliphatic hydroxyl groups excluding tert-OH is 4. The quantitative estimate of drug-likeness (QED) is 0.159. The second-order valence-electron chi connectivity index (χ2n) is 13.1. The van der Waals surface area contributed by atoms with Crippen molar-refractivity contribution >= 4 is 6.09 Å². The smallest absolute Gasteiger partial charge is 0.420 e. The van der Waals surface area contributed by atoms with Crippen LogP contribution in [0.15, 0.2) is 0 Å². The number of quaternary nitrogens is 1. The fraction of sp³-hybridized carbons (Fsp3) is 0.968. The minimum absolute atomic E-state index is 0.136. The van der Waals surface area contributed by atoms with Gasteiger partial charge in [-0.3, -0.25) is 0 Å². The first kappa shape index (κ1) is 34.4. The first-order chi connectivity index (χ1) is 18.5. The molecule has 1 aliphatic carbocycles. The average Bonchev–Trinajstić information content (AvgIpc) is 2.91. The molecule has 0 aromatic heterocycles. The molecule has 39 heavy (non-hydrogen) atoms. The van der Waals surface area contributed by atoms with Crippen LogP contribution in [0.25, 0.3) is 0 Å². The van der Waals surface area contributed by atoms with Crippen molar-refractivity contribution in [3.05, 3.63) is 0 Å². The van der Waals surface area contributed by atoms with E-state index in [4.69, 9.17) is 9.47 Å². The fourth-order valence-corrected chi connectivity index (χ4v) is 6.83. The lowest BCUT2D eigenvalue weighted by Crippen LogP contribution is -2.75. The fourth-order valence-electron chi connectivity index (χ4n) is 6.83. The second-order valence-corrected chi connectivity index (χ2v) is 13.1. The topological polar surface area (TPSA) is 116 Å². The highest BCUT2D eigenvalue weighted by Gasteiger charge is 2.60. The molecule has 2 unspecified atom stereocenters. The van der Waals surface area contributed by atoms with E-state index in [0.29, 0.717) is 12.5 Å². The van der Waals surface area contributed by atoms with E-state index in [1.54, 1.807) is 6.92 Å². The highest BCUT2D eigenvalue weighted by molar-refractivity contribution is 5.60. The van der Waals surface area contributed by atoms with E-state index in [0.717, 1.165) is 44.9 Å². The number of ether oxygens (including phenoxy) is 2. The van der Waals surface area contributed by atoms with Crippen LogP contribution >= 0.6 is 0 Å². The van der Waals surface area contributed by atoms with Gasteiger partial charge in [0.05, 0.1) is 19.8 Å². The molecule has 0 aromatic rings. The molecular formula is C31H60NO7+. The molecule has 2 fully saturated rings. The van der Waals surface area contributed by atoms with Crippen molar-refractivity contribution in [2.75, 3.05) is 19.8 Å². The number of unbranched alkanes of at least 4 members (excludes halogenated alkanes) is 9. The zero-order chi connectivity index (χ0) is 29.1. The van der Waals surface area contributed by atoms with E-state index in [1.165, 1.54) is 44.9 Å². The predicted molar refractivity (Wildman–Crippen MR) is 153 cm³/mol. The minimum Gasteiger partial charge on any atom is -0.420 e. The van der Waals surface area contributed by atoms with Crippen LogP contribution in [0, 0.1) is 11.3 Å². The molecule has 0 aromatic carbocycles. The van der Waals surface area contributed by atoms with Gasteiger partial charge in [-0.15, -0.1) is 0 Å². The molecule has 6 atom stereocenters. The molecule has 1 aliphatic heterocycles. The van der Waals surface area contributed by atoms with Crippen molar-refractivity contribution in [1.29, 1.82) is 0 Å². The summed E-state index contributed by atoms with van der Waals surface area (Å²) in [5, 5.41) is 42.2. The monoisotopic (exact) mass is 558 g/mol. The van der Waals surface area contributed by atoms with Gasteiger partial charge >= 0.3 is 6.09 Å². The van der Waals surface area contributed by atoms with E-state index >= 15 is 0 Å². The Morgan fingerprint density at radius 1 is 0.821 bits per heavy atom. The van der Waals surface area contributed by atoms with E-state index in [2.05, 4.69) is 27.7 Å². The van der Waals surface area contributed by atoms with Crippen molar-refractivity contribution in [3.63, 3.8) is 0 Å². The molecule has 1 saturated carbocycles. The van der Waals surface area contributed by atoms with Crippen LogP contribution in [0.2, 0.25) is 0 Å². The van der Waals surface area contributed by atoms with Gasteiger partial charge in [-0.1, -0.05) is 79.1 Å². The Bertz CT molecular complexity index is 689. The maximum Gasteiger partial charge on any atom is 0.518 e. The number of rotatable bonds is 15. The number of amides is 1. The van der Waals surface area contributed by atoms with Crippen LogP contribution in [0.1, 0.15) is 125 Å². The standard InChI is InChI=1S/C31H60NO7/c1-6-8-9-10-11-12-13-14-15-16-21-32(30(37)38-7-2,24-19-17-23(18-20-24)31(3,4)5)29-28(36)27(35)26(34)25(22-33)39-29/h23-29,33-36H,6-22H2,1-5H3/q+1/t23?,24?,25-,26-,27+,28-,29?,32?/m1/s1. The predicted octanol–water partition coefficient (Wildman–Crippen LogP) is 5.29. The Hall–Kier alpha value is -0.770. The van der Waals surface area contributed by atoms with Gasteiger partial charge in [-0.05, 0) is 43.9 Å². The Labute approximate surface area is 237 Å². The molecule has 4 N–H and O–H groups in total. The van der Waals surface area contributed by atoms with Gasteiger partial charge in [0.1, 0.15) is 24.4 Å². The van der Waals surface area contributed by atoms with Crippen LogP contribution in [0.5, 0.6) is 0 Å². The molecule has 2 aliphatic rings. The van der Waals surface area contributed by atoms with Crippen LogP contribution in [0.4, 0.5) is 4.79 Å². The molecule has 230 valence electrons. The normalized spacial score (nSPS) is 31.6. The third kappa shape index (κ3) is 9.11. The molecule has 1 saturated heterocycles. The molecule has 0 bridgehead atoms. The SMILES string of the molecule is CCCCCCCCCCCC[N+](C(=O)OCC)(C1CCC(C(C)(C)C)CC1)C1O[C@H](CO)[C@@H](O)[C@H](O)[C@H]1O. The van der Waals surface area contributed by atoms with Crippen LogP contribution in [-0.2, 0) is 9.47 Å². The molecular weight excluding hydrogens is 498 g/mol. The van der Waals surface area contributed by atoms with Gasteiger partial charge in [0.2, 0.25) is 6.23 Å². The molecule has 8 heteroatoms. The zero-order valence-corrected chi connectivity index (χ0v) is 25.5. The minimum atomic E-state index is -1.52. The lowest BCUT2D eigenvalue weighted by Gasteiger charge is -2.52. The van der Waals surface area contributed by atoms with Gasteiger partial charge in [-0.25, -0.2) is 0 Å². The number of nitrogens with zero attached hydrogens (tertiary/aromatic N) is 1. The summed E-state index contributed by atoms with van der Waals surface area (Å²) in [6.45, 7) is 10.9. The number of hydrogen-bond donors (Lipinski definition) is 4. The number of aliphatic hydroxyl groups is 4. The van der Waals surface area contributed by atoms with Crippen LogP contribution < -0.4 is 0 Å². The maximum atomic E-state index is 13.9. The van der Waals surface area contributed by atoms with E-state index in [1.807, 2.05) is 0 Å². The third-order valence-corrected chi connectivity index (χ3v) is 9.38. The average molecular weight is 559 g/mol. The molecule has 0 radical (unpaired) electrons. The van der Waals surface area contributed by atoms with Gasteiger partial charge < -0.3 is 29.9 Å². The van der Waals surface area contributed by atoms with Crippen LogP contribution in [0.3, 0.4) is 0 Å². The molecule has 8 nitrogen and oxygen atoms in total. The first-order valence-electron chi connectivity index (χ1n) is 15.9. The lowest BCUT2D eigenvalue weighted by molar-refractivity contribution is -0.938. The van der Waals surface area contributed by atoms with Gasteiger partial charge in [-0.2, -0.15) is 9.28 Å². The van der Waals surface area contributed by atoms with Crippen molar-refractivity contribution in [1.82, 2.24) is 0 Å². The van der Waals surface area contributed by atoms with Gasteiger partial charge in [0.15, 0.2) is 6.10 Å². The Morgan fingerprint density at radius 2 is 1.36 bits per heavy atom.